The maximum absolute atomic E-state index is 12.2. The molecular weight excluding hydrogens is 364 g/mol. The van der Waals surface area contributed by atoms with Crippen LogP contribution in [0.15, 0.2) is 59.5 Å². The van der Waals surface area contributed by atoms with Crippen LogP contribution in [0.3, 0.4) is 0 Å². The van der Waals surface area contributed by atoms with Crippen molar-refractivity contribution in [2.24, 2.45) is 5.92 Å². The van der Waals surface area contributed by atoms with Crippen molar-refractivity contribution in [2.75, 3.05) is 13.2 Å². The molecule has 2 aromatic carbocycles. The Hall–Kier alpha value is -2.38. The minimum absolute atomic E-state index is 0.123. The predicted molar refractivity (Wildman–Crippen MR) is 105 cm³/mol. The maximum Gasteiger partial charge on any atom is 0.258 e. The summed E-state index contributed by atoms with van der Waals surface area (Å²) in [6, 6.07) is 15.5. The highest BCUT2D eigenvalue weighted by atomic mass is 32.2. The van der Waals surface area contributed by atoms with Gasteiger partial charge in [-0.05, 0) is 42.7 Å². The number of hydrogen-bond acceptors (Lipinski definition) is 4. The van der Waals surface area contributed by atoms with Crippen LogP contribution in [0.5, 0.6) is 5.75 Å². The molecule has 0 aliphatic rings. The van der Waals surface area contributed by atoms with Crippen molar-refractivity contribution in [2.45, 2.75) is 31.7 Å². The molecule has 146 valence electrons. The van der Waals surface area contributed by atoms with E-state index in [0.717, 1.165) is 5.56 Å². The second-order valence-electron chi connectivity index (χ2n) is 6.71. The van der Waals surface area contributed by atoms with Gasteiger partial charge in [-0.15, -0.1) is 0 Å². The monoisotopic (exact) mass is 390 g/mol. The van der Waals surface area contributed by atoms with Gasteiger partial charge in [0.25, 0.3) is 5.91 Å². The van der Waals surface area contributed by atoms with Gasteiger partial charge in [0.15, 0.2) is 6.61 Å². The average molecular weight is 391 g/mol. The van der Waals surface area contributed by atoms with Crippen molar-refractivity contribution in [3.8, 4) is 5.75 Å². The predicted octanol–water partition coefficient (Wildman–Crippen LogP) is 2.88. The van der Waals surface area contributed by atoms with Gasteiger partial charge in [0, 0.05) is 6.54 Å². The normalized spacial score (nSPS) is 12.6. The Morgan fingerprint density at radius 3 is 2.22 bits per heavy atom. The molecule has 0 spiro atoms. The second kappa shape index (κ2) is 9.53. The molecule has 1 amide bonds. The minimum atomic E-state index is -3.53. The van der Waals surface area contributed by atoms with Crippen LogP contribution in [0.4, 0.5) is 0 Å². The molecule has 7 heteroatoms. The zero-order chi connectivity index (χ0) is 19.9. The summed E-state index contributed by atoms with van der Waals surface area (Å²) in [6.45, 7) is 6.00. The molecule has 0 unspecified atom stereocenters. The van der Waals surface area contributed by atoms with E-state index in [9.17, 15) is 13.2 Å². The van der Waals surface area contributed by atoms with E-state index in [4.69, 9.17) is 4.74 Å². The number of ether oxygens (including phenoxy) is 1. The van der Waals surface area contributed by atoms with Crippen molar-refractivity contribution in [1.82, 2.24) is 10.0 Å². The van der Waals surface area contributed by atoms with Crippen LogP contribution in [0.25, 0.3) is 0 Å². The van der Waals surface area contributed by atoms with Gasteiger partial charge >= 0.3 is 0 Å². The molecule has 0 heterocycles. The Balaban J connectivity index is 1.86. The number of nitrogens with one attached hydrogen (secondary N) is 2. The van der Waals surface area contributed by atoms with E-state index in [1.165, 1.54) is 24.3 Å². The number of benzene rings is 2. The van der Waals surface area contributed by atoms with E-state index >= 15 is 0 Å². The molecule has 2 N–H and O–H groups in total. The summed E-state index contributed by atoms with van der Waals surface area (Å²) < 4.78 is 32.3. The summed E-state index contributed by atoms with van der Waals surface area (Å²) in [4.78, 5) is 12.2. The van der Waals surface area contributed by atoms with Crippen LogP contribution < -0.4 is 14.8 Å². The molecule has 0 saturated carbocycles. The fraction of sp³-hybridized carbons (Fsp3) is 0.350. The van der Waals surface area contributed by atoms with Crippen LogP contribution in [0.1, 0.15) is 32.4 Å². The van der Waals surface area contributed by atoms with E-state index in [1.807, 2.05) is 51.1 Å². The number of carbonyl (C=O) groups is 1. The maximum atomic E-state index is 12.2. The summed E-state index contributed by atoms with van der Waals surface area (Å²) >= 11 is 0. The fourth-order valence-electron chi connectivity index (χ4n) is 2.33. The highest BCUT2D eigenvalue weighted by molar-refractivity contribution is 7.89. The van der Waals surface area contributed by atoms with Gasteiger partial charge in [0.05, 0.1) is 10.9 Å². The number of sulfonamides is 1. The van der Waals surface area contributed by atoms with Gasteiger partial charge in [-0.25, -0.2) is 13.1 Å². The summed E-state index contributed by atoms with van der Waals surface area (Å²) in [7, 11) is -3.53. The first-order valence-corrected chi connectivity index (χ1v) is 10.3. The number of amides is 1. The molecule has 0 aliphatic carbocycles. The van der Waals surface area contributed by atoms with Crippen LogP contribution in [0, 0.1) is 5.92 Å². The molecule has 2 aromatic rings. The third-order valence-corrected chi connectivity index (χ3v) is 5.30. The average Bonchev–Trinajstić information content (AvgIpc) is 2.66. The standard InChI is InChI=1S/C20H26N2O4S/c1-15(2)13-21-27(24,25)19-11-9-18(10-12-19)26-14-20(23)22-16(3)17-7-5-4-6-8-17/h4-12,15-16,21H,13-14H2,1-3H3,(H,22,23)/t16-/m1/s1. The summed E-state index contributed by atoms with van der Waals surface area (Å²) in [6.07, 6.45) is 0. The Kier molecular flexibility index (Phi) is 7.38. The Bertz CT molecular complexity index is 834. The van der Waals surface area contributed by atoms with Crippen molar-refractivity contribution < 1.29 is 17.9 Å². The zero-order valence-electron chi connectivity index (χ0n) is 15.8. The van der Waals surface area contributed by atoms with Crippen LogP contribution in [-0.2, 0) is 14.8 Å². The number of carbonyl (C=O) groups excluding carboxylic acids is 1. The quantitative estimate of drug-likeness (QED) is 0.690. The molecule has 0 aromatic heterocycles. The van der Waals surface area contributed by atoms with Gasteiger partial charge < -0.3 is 10.1 Å². The number of rotatable bonds is 9. The first kappa shape index (κ1) is 20.9. The molecular formula is C20H26N2O4S. The van der Waals surface area contributed by atoms with E-state index in [1.54, 1.807) is 0 Å². The lowest BCUT2D eigenvalue weighted by molar-refractivity contribution is -0.123. The lowest BCUT2D eigenvalue weighted by atomic mass is 10.1. The molecule has 6 nitrogen and oxygen atoms in total. The van der Waals surface area contributed by atoms with E-state index < -0.39 is 10.0 Å². The lowest BCUT2D eigenvalue weighted by Gasteiger charge is -2.15. The lowest BCUT2D eigenvalue weighted by Crippen LogP contribution is -2.31. The third kappa shape index (κ3) is 6.69. The van der Waals surface area contributed by atoms with Gasteiger partial charge in [-0.3, -0.25) is 4.79 Å². The molecule has 1 atom stereocenters. The fourth-order valence-corrected chi connectivity index (χ4v) is 3.55. The molecule has 27 heavy (non-hydrogen) atoms. The summed E-state index contributed by atoms with van der Waals surface area (Å²) in [5, 5.41) is 2.86. The summed E-state index contributed by atoms with van der Waals surface area (Å²) in [5.74, 6) is 0.404. The SMILES string of the molecule is CC(C)CNS(=O)(=O)c1ccc(OCC(=O)N[C@H](C)c2ccccc2)cc1. The topological polar surface area (TPSA) is 84.5 Å². The van der Waals surface area contributed by atoms with Crippen molar-refractivity contribution in [3.05, 3.63) is 60.2 Å². The second-order valence-corrected chi connectivity index (χ2v) is 8.47. The minimum Gasteiger partial charge on any atom is -0.484 e. The molecule has 0 aliphatic heterocycles. The van der Waals surface area contributed by atoms with Crippen molar-refractivity contribution >= 4 is 15.9 Å². The number of hydrogen-bond donors (Lipinski definition) is 2. The first-order valence-electron chi connectivity index (χ1n) is 8.85. The van der Waals surface area contributed by atoms with Gasteiger partial charge in [0.2, 0.25) is 10.0 Å². The van der Waals surface area contributed by atoms with Crippen LogP contribution in [-0.4, -0.2) is 27.5 Å². The molecule has 0 radical (unpaired) electrons. The summed E-state index contributed by atoms with van der Waals surface area (Å²) in [5.41, 5.74) is 1.01. The zero-order valence-corrected chi connectivity index (χ0v) is 16.6. The smallest absolute Gasteiger partial charge is 0.258 e. The van der Waals surface area contributed by atoms with Crippen LogP contribution in [0.2, 0.25) is 0 Å². The molecule has 2 rings (SSSR count). The Morgan fingerprint density at radius 1 is 1.00 bits per heavy atom. The van der Waals surface area contributed by atoms with Crippen molar-refractivity contribution in [3.63, 3.8) is 0 Å². The third-order valence-electron chi connectivity index (χ3n) is 3.86. The first-order chi connectivity index (χ1) is 12.8. The van der Waals surface area contributed by atoms with Gasteiger partial charge in [0.1, 0.15) is 5.75 Å². The van der Waals surface area contributed by atoms with Gasteiger partial charge in [-0.1, -0.05) is 44.2 Å². The van der Waals surface area contributed by atoms with E-state index in [0.29, 0.717) is 12.3 Å². The molecule has 0 fully saturated rings. The van der Waals surface area contributed by atoms with Crippen molar-refractivity contribution in [1.29, 1.82) is 0 Å². The Labute approximate surface area is 161 Å². The molecule has 0 saturated heterocycles. The Morgan fingerprint density at radius 2 is 1.63 bits per heavy atom. The van der Waals surface area contributed by atoms with Crippen LogP contribution >= 0.6 is 0 Å². The van der Waals surface area contributed by atoms with Gasteiger partial charge in [-0.2, -0.15) is 0 Å². The van der Waals surface area contributed by atoms with E-state index in [-0.39, 0.29) is 29.4 Å². The highest BCUT2D eigenvalue weighted by Gasteiger charge is 2.14. The largest absolute Gasteiger partial charge is 0.484 e. The molecule has 0 bridgehead atoms. The van der Waals surface area contributed by atoms with E-state index in [2.05, 4.69) is 10.0 Å². The highest BCUT2D eigenvalue weighted by Crippen LogP contribution is 2.16.